The summed E-state index contributed by atoms with van der Waals surface area (Å²) in [5, 5.41) is 10.8. The Balaban J connectivity index is 1.39. The fourth-order valence-electron chi connectivity index (χ4n) is 4.77. The molecule has 0 aliphatic carbocycles. The number of para-hydroxylation sites is 1. The van der Waals surface area contributed by atoms with Gasteiger partial charge in [0.1, 0.15) is 23.1 Å². The van der Waals surface area contributed by atoms with Gasteiger partial charge in [-0.05, 0) is 55.0 Å². The van der Waals surface area contributed by atoms with E-state index in [1.54, 1.807) is 38.3 Å². The number of Topliss-reactive ketones (excluding diaryl/α,β-unsaturated/α-hetero) is 1. The standard InChI is InChI=1S/C28H26BrFN2O4/c1-17-13-23(33)20(16-31-9-11-32(12-10-31)22-6-4-3-5-21(22)30)28-26(17)27(34)25(36-28)15-18-14-19(29)7-8-24(18)35-2/h3-8,13-15,33H,9-12,16H2,1-2H3/b25-15-. The van der Waals surface area contributed by atoms with Crippen molar-refractivity contribution in [2.24, 2.45) is 0 Å². The smallest absolute Gasteiger partial charge is 0.232 e. The van der Waals surface area contributed by atoms with Gasteiger partial charge in [0.15, 0.2) is 5.76 Å². The first kappa shape index (κ1) is 24.3. The quantitative estimate of drug-likeness (QED) is 0.419. The van der Waals surface area contributed by atoms with E-state index in [2.05, 4.69) is 20.8 Å². The van der Waals surface area contributed by atoms with Gasteiger partial charge in [-0.15, -0.1) is 0 Å². The monoisotopic (exact) mass is 552 g/mol. The van der Waals surface area contributed by atoms with Crippen LogP contribution in [0.25, 0.3) is 6.08 Å². The van der Waals surface area contributed by atoms with E-state index in [1.165, 1.54) is 6.07 Å². The molecule has 6 nitrogen and oxygen atoms in total. The van der Waals surface area contributed by atoms with Crippen molar-refractivity contribution in [3.05, 3.63) is 86.8 Å². The van der Waals surface area contributed by atoms with E-state index in [0.717, 1.165) is 4.47 Å². The number of ether oxygens (including phenoxy) is 2. The van der Waals surface area contributed by atoms with E-state index >= 15 is 0 Å². The van der Waals surface area contributed by atoms with E-state index < -0.39 is 0 Å². The summed E-state index contributed by atoms with van der Waals surface area (Å²) in [7, 11) is 1.57. The van der Waals surface area contributed by atoms with Crippen molar-refractivity contribution in [1.82, 2.24) is 4.90 Å². The van der Waals surface area contributed by atoms with Crippen LogP contribution in [-0.4, -0.2) is 49.1 Å². The summed E-state index contributed by atoms with van der Waals surface area (Å²) in [6.45, 7) is 4.89. The average Bonchev–Trinajstić information content (AvgIpc) is 3.19. The Morgan fingerprint density at radius 1 is 1.14 bits per heavy atom. The van der Waals surface area contributed by atoms with E-state index in [1.807, 2.05) is 29.2 Å². The number of hydrogen-bond acceptors (Lipinski definition) is 6. The van der Waals surface area contributed by atoms with Gasteiger partial charge in [0.2, 0.25) is 5.78 Å². The number of allylic oxidation sites excluding steroid dienone is 1. The van der Waals surface area contributed by atoms with Crippen LogP contribution in [0.5, 0.6) is 17.2 Å². The van der Waals surface area contributed by atoms with Gasteiger partial charge in [-0.2, -0.15) is 0 Å². The van der Waals surface area contributed by atoms with Gasteiger partial charge in [-0.1, -0.05) is 28.1 Å². The number of nitrogens with zero attached hydrogens (tertiary/aromatic N) is 2. The maximum Gasteiger partial charge on any atom is 0.232 e. The van der Waals surface area contributed by atoms with Crippen LogP contribution >= 0.6 is 15.9 Å². The van der Waals surface area contributed by atoms with Crippen molar-refractivity contribution in [3.8, 4) is 17.2 Å². The van der Waals surface area contributed by atoms with Gasteiger partial charge in [-0.25, -0.2) is 4.39 Å². The number of ketones is 1. The summed E-state index contributed by atoms with van der Waals surface area (Å²) in [5.74, 6) is 0.834. The Morgan fingerprint density at radius 3 is 2.61 bits per heavy atom. The molecule has 1 fully saturated rings. The number of benzene rings is 3. The first-order valence-electron chi connectivity index (χ1n) is 11.7. The molecule has 1 N–H and O–H groups in total. The Labute approximate surface area is 217 Å². The van der Waals surface area contributed by atoms with Crippen LogP contribution in [0.15, 0.2) is 58.8 Å². The van der Waals surface area contributed by atoms with E-state index in [-0.39, 0.29) is 23.1 Å². The number of anilines is 1. The zero-order valence-corrected chi connectivity index (χ0v) is 21.6. The van der Waals surface area contributed by atoms with Gasteiger partial charge < -0.3 is 19.5 Å². The highest BCUT2D eigenvalue weighted by Crippen LogP contribution is 2.43. The summed E-state index contributed by atoms with van der Waals surface area (Å²) in [5.41, 5.74) is 3.00. The third-order valence-electron chi connectivity index (χ3n) is 6.65. The number of phenolic OH excluding ortho intramolecular Hbond substituents is 1. The second kappa shape index (κ2) is 9.95. The number of hydrogen-bond donors (Lipinski definition) is 1. The first-order chi connectivity index (χ1) is 17.4. The van der Waals surface area contributed by atoms with E-state index in [0.29, 0.717) is 72.2 Å². The van der Waals surface area contributed by atoms with Crippen molar-refractivity contribution < 1.29 is 23.8 Å². The molecule has 3 aromatic carbocycles. The van der Waals surface area contributed by atoms with Crippen molar-refractivity contribution >= 4 is 33.5 Å². The molecule has 3 aromatic rings. The Bertz CT molecular complexity index is 1370. The van der Waals surface area contributed by atoms with Crippen LogP contribution in [0.4, 0.5) is 10.1 Å². The molecule has 2 heterocycles. The zero-order chi connectivity index (χ0) is 25.4. The maximum absolute atomic E-state index is 14.2. The van der Waals surface area contributed by atoms with E-state index in [9.17, 15) is 14.3 Å². The van der Waals surface area contributed by atoms with Crippen LogP contribution < -0.4 is 14.4 Å². The van der Waals surface area contributed by atoms with Gasteiger partial charge in [0, 0.05) is 42.8 Å². The predicted octanol–water partition coefficient (Wildman–Crippen LogP) is 5.55. The molecular weight excluding hydrogens is 527 g/mol. The zero-order valence-electron chi connectivity index (χ0n) is 20.1. The van der Waals surface area contributed by atoms with Crippen molar-refractivity contribution in [2.75, 3.05) is 38.2 Å². The van der Waals surface area contributed by atoms with Gasteiger partial charge >= 0.3 is 0 Å². The molecule has 2 aliphatic rings. The molecule has 0 radical (unpaired) electrons. The lowest BCUT2D eigenvalue weighted by Crippen LogP contribution is -2.46. The number of carbonyl (C=O) groups is 1. The molecule has 5 rings (SSSR count). The topological polar surface area (TPSA) is 62.2 Å². The minimum absolute atomic E-state index is 0.0943. The molecule has 8 heteroatoms. The normalized spacial score (nSPS) is 16.8. The molecule has 0 unspecified atom stereocenters. The third-order valence-corrected chi connectivity index (χ3v) is 7.14. The van der Waals surface area contributed by atoms with Crippen LogP contribution in [-0.2, 0) is 6.54 Å². The molecule has 0 atom stereocenters. The largest absolute Gasteiger partial charge is 0.507 e. The van der Waals surface area contributed by atoms with Crippen LogP contribution in [0, 0.1) is 12.7 Å². The van der Waals surface area contributed by atoms with Crippen LogP contribution in [0.3, 0.4) is 0 Å². The fourth-order valence-corrected chi connectivity index (χ4v) is 5.15. The molecule has 2 aliphatic heterocycles. The SMILES string of the molecule is COc1ccc(Br)cc1/C=C1\Oc2c(CN3CCN(c4ccccc4F)CC3)c(O)cc(C)c2C1=O. The average molecular weight is 553 g/mol. The highest BCUT2D eigenvalue weighted by Gasteiger charge is 2.34. The summed E-state index contributed by atoms with van der Waals surface area (Å²) >= 11 is 3.46. The van der Waals surface area contributed by atoms with Crippen LogP contribution in [0.1, 0.15) is 27.0 Å². The van der Waals surface area contributed by atoms with E-state index in [4.69, 9.17) is 9.47 Å². The fraction of sp³-hybridized carbons (Fsp3) is 0.250. The molecule has 0 bridgehead atoms. The number of carbonyl (C=O) groups excluding carboxylic acids is 1. The third kappa shape index (κ3) is 4.58. The molecule has 1 saturated heterocycles. The molecule has 0 aromatic heterocycles. The van der Waals surface area contributed by atoms with Gasteiger partial charge in [0.25, 0.3) is 0 Å². The molecular formula is C28H26BrFN2O4. The molecule has 0 saturated carbocycles. The lowest BCUT2D eigenvalue weighted by atomic mass is 9.99. The lowest BCUT2D eigenvalue weighted by molar-refractivity contribution is 0.101. The van der Waals surface area contributed by atoms with Gasteiger partial charge in [0.05, 0.1) is 23.9 Å². The Kier molecular flexibility index (Phi) is 6.73. The minimum Gasteiger partial charge on any atom is -0.507 e. The summed E-state index contributed by atoms with van der Waals surface area (Å²) in [4.78, 5) is 17.5. The number of phenols is 1. The Morgan fingerprint density at radius 2 is 1.89 bits per heavy atom. The second-order valence-corrected chi connectivity index (χ2v) is 9.85. The van der Waals surface area contributed by atoms with Crippen molar-refractivity contribution in [1.29, 1.82) is 0 Å². The number of fused-ring (bicyclic) bond motifs is 1. The molecule has 186 valence electrons. The number of halogens is 2. The van der Waals surface area contributed by atoms with Crippen molar-refractivity contribution in [3.63, 3.8) is 0 Å². The molecule has 0 amide bonds. The second-order valence-electron chi connectivity index (χ2n) is 8.94. The highest BCUT2D eigenvalue weighted by molar-refractivity contribution is 9.10. The van der Waals surface area contributed by atoms with Gasteiger partial charge in [-0.3, -0.25) is 9.69 Å². The Hall–Kier alpha value is -3.36. The lowest BCUT2D eigenvalue weighted by Gasteiger charge is -2.36. The summed E-state index contributed by atoms with van der Waals surface area (Å²) in [6.07, 6.45) is 1.67. The minimum atomic E-state index is -0.228. The van der Waals surface area contributed by atoms with Crippen molar-refractivity contribution in [2.45, 2.75) is 13.5 Å². The number of aryl methyl sites for hydroxylation is 1. The predicted molar refractivity (Wildman–Crippen MR) is 140 cm³/mol. The summed E-state index contributed by atoms with van der Waals surface area (Å²) in [6, 6.07) is 13.9. The first-order valence-corrected chi connectivity index (χ1v) is 12.5. The number of aromatic hydroxyl groups is 1. The summed E-state index contributed by atoms with van der Waals surface area (Å²) < 4.78 is 26.6. The number of rotatable bonds is 5. The maximum atomic E-state index is 14.2. The molecule has 36 heavy (non-hydrogen) atoms. The highest BCUT2D eigenvalue weighted by atomic mass is 79.9. The van der Waals surface area contributed by atoms with Crippen LogP contribution in [0.2, 0.25) is 0 Å². The number of methoxy groups -OCH3 is 1. The number of piperazine rings is 1. The molecule has 0 spiro atoms.